The summed E-state index contributed by atoms with van der Waals surface area (Å²) in [5.74, 6) is -0.0406. The van der Waals surface area contributed by atoms with E-state index < -0.39 is 10.0 Å². The zero-order chi connectivity index (χ0) is 14.3. The van der Waals surface area contributed by atoms with Crippen LogP contribution in [0.25, 0.3) is 10.2 Å². The van der Waals surface area contributed by atoms with Crippen molar-refractivity contribution in [2.45, 2.75) is 5.03 Å². The van der Waals surface area contributed by atoms with Crippen molar-refractivity contribution in [3.8, 4) is 0 Å². The van der Waals surface area contributed by atoms with Gasteiger partial charge in [-0.2, -0.15) is 8.42 Å². The second kappa shape index (κ2) is 4.46. The van der Waals surface area contributed by atoms with Gasteiger partial charge in [0.1, 0.15) is 0 Å². The molecule has 0 saturated carbocycles. The summed E-state index contributed by atoms with van der Waals surface area (Å²) in [6.45, 7) is 0. The number of aromatic nitrogens is 3. The largest absolute Gasteiger partial charge is 0.381 e. The van der Waals surface area contributed by atoms with E-state index in [-0.39, 0.29) is 10.8 Å². The molecule has 0 fully saturated rings. The molecule has 3 N–H and O–H groups in total. The minimum Gasteiger partial charge on any atom is -0.381 e. The summed E-state index contributed by atoms with van der Waals surface area (Å²) in [6.07, 6.45) is 1.35. The van der Waals surface area contributed by atoms with Crippen molar-refractivity contribution in [2.75, 3.05) is 10.5 Å². The van der Waals surface area contributed by atoms with Crippen LogP contribution in [-0.4, -0.2) is 23.0 Å². The third-order valence-corrected chi connectivity index (χ3v) is 5.23. The number of anilines is 2. The first-order valence-electron chi connectivity index (χ1n) is 5.62. The Morgan fingerprint density at radius 3 is 2.75 bits per heavy atom. The highest BCUT2D eigenvalue weighted by Gasteiger charge is 2.23. The maximum Gasteiger partial charge on any atom is 0.283 e. The second-order valence-corrected chi connectivity index (χ2v) is 6.77. The third kappa shape index (κ3) is 2.10. The van der Waals surface area contributed by atoms with Gasteiger partial charge < -0.3 is 10.3 Å². The fourth-order valence-corrected chi connectivity index (χ4v) is 4.18. The zero-order valence-corrected chi connectivity index (χ0v) is 12.1. The van der Waals surface area contributed by atoms with Crippen molar-refractivity contribution in [3.05, 3.63) is 30.6 Å². The van der Waals surface area contributed by atoms with Crippen LogP contribution in [0.1, 0.15) is 0 Å². The van der Waals surface area contributed by atoms with E-state index in [1.54, 1.807) is 7.05 Å². The smallest absolute Gasteiger partial charge is 0.283 e. The van der Waals surface area contributed by atoms with Gasteiger partial charge in [-0.1, -0.05) is 23.5 Å². The van der Waals surface area contributed by atoms with Crippen molar-refractivity contribution < 1.29 is 8.42 Å². The molecule has 0 spiro atoms. The number of nitrogens with two attached hydrogens (primary N) is 1. The number of nitrogens with zero attached hydrogens (tertiary/aromatic N) is 3. The predicted octanol–water partition coefficient (Wildman–Crippen LogP) is 1.41. The van der Waals surface area contributed by atoms with Crippen LogP contribution in [0.5, 0.6) is 0 Å². The van der Waals surface area contributed by atoms with Gasteiger partial charge in [-0.3, -0.25) is 4.72 Å². The first-order chi connectivity index (χ1) is 9.47. The normalized spacial score (nSPS) is 11.8. The van der Waals surface area contributed by atoms with E-state index in [1.807, 2.05) is 24.3 Å². The number of thiazole rings is 1. The number of imidazole rings is 1. The summed E-state index contributed by atoms with van der Waals surface area (Å²) in [5.41, 5.74) is 6.33. The van der Waals surface area contributed by atoms with Gasteiger partial charge in [-0.25, -0.2) is 9.97 Å². The van der Waals surface area contributed by atoms with Gasteiger partial charge in [0.2, 0.25) is 0 Å². The average molecular weight is 309 g/mol. The van der Waals surface area contributed by atoms with E-state index in [0.29, 0.717) is 5.13 Å². The Balaban J connectivity index is 2.01. The highest BCUT2D eigenvalue weighted by molar-refractivity contribution is 7.93. The molecule has 104 valence electrons. The van der Waals surface area contributed by atoms with Crippen LogP contribution in [0.4, 0.5) is 10.9 Å². The third-order valence-electron chi connectivity index (χ3n) is 2.68. The number of rotatable bonds is 3. The lowest BCUT2D eigenvalue weighted by Gasteiger charge is -2.05. The Hall–Kier alpha value is -2.13. The molecule has 0 radical (unpaired) electrons. The molecule has 7 nitrogen and oxygen atoms in total. The summed E-state index contributed by atoms with van der Waals surface area (Å²) in [7, 11) is -2.24. The molecule has 3 aromatic rings. The number of fused-ring (bicyclic) bond motifs is 1. The highest BCUT2D eigenvalue weighted by Crippen LogP contribution is 2.28. The lowest BCUT2D eigenvalue weighted by atomic mass is 10.3. The summed E-state index contributed by atoms with van der Waals surface area (Å²) in [6, 6.07) is 7.42. The molecule has 0 aliphatic heterocycles. The van der Waals surface area contributed by atoms with Gasteiger partial charge in [-0.15, -0.1) is 0 Å². The predicted molar refractivity (Wildman–Crippen MR) is 78.0 cm³/mol. The van der Waals surface area contributed by atoms with E-state index in [0.717, 1.165) is 10.2 Å². The van der Waals surface area contributed by atoms with Crippen LogP contribution in [0.2, 0.25) is 0 Å². The van der Waals surface area contributed by atoms with Crippen LogP contribution < -0.4 is 10.5 Å². The van der Waals surface area contributed by atoms with Gasteiger partial charge in [0.25, 0.3) is 10.0 Å². The Morgan fingerprint density at radius 1 is 1.35 bits per heavy atom. The van der Waals surface area contributed by atoms with E-state index in [4.69, 9.17) is 5.73 Å². The SMILES string of the molecule is Cn1cnc(N)c1S(=O)(=O)Nc1nc2ccccc2s1. The van der Waals surface area contributed by atoms with E-state index in [2.05, 4.69) is 14.7 Å². The fraction of sp³-hybridized carbons (Fsp3) is 0.0909. The van der Waals surface area contributed by atoms with Crippen LogP contribution in [0.3, 0.4) is 0 Å². The Kier molecular flexibility index (Phi) is 2.87. The van der Waals surface area contributed by atoms with Gasteiger partial charge in [0, 0.05) is 7.05 Å². The Labute approximate surface area is 119 Å². The molecule has 0 unspecified atom stereocenters. The molecule has 0 amide bonds. The number of hydrogen-bond donors (Lipinski definition) is 2. The molecule has 0 bridgehead atoms. The van der Waals surface area contributed by atoms with E-state index in [9.17, 15) is 8.42 Å². The molecule has 9 heteroatoms. The monoisotopic (exact) mass is 309 g/mol. The first kappa shape index (κ1) is 12.9. The molecule has 3 rings (SSSR count). The average Bonchev–Trinajstić information content (AvgIpc) is 2.91. The minimum atomic E-state index is -3.81. The molecule has 0 atom stereocenters. The summed E-state index contributed by atoms with van der Waals surface area (Å²) < 4.78 is 29.3. The first-order valence-corrected chi connectivity index (χ1v) is 7.92. The van der Waals surface area contributed by atoms with Gasteiger partial charge in [0.05, 0.1) is 16.5 Å². The lowest BCUT2D eigenvalue weighted by Crippen LogP contribution is -2.17. The topological polar surface area (TPSA) is 103 Å². The number of para-hydroxylation sites is 1. The van der Waals surface area contributed by atoms with Gasteiger partial charge in [-0.05, 0) is 12.1 Å². The Bertz CT molecular complexity index is 829. The number of sulfonamides is 1. The van der Waals surface area contributed by atoms with Crippen molar-refractivity contribution in [1.29, 1.82) is 0 Å². The summed E-state index contributed by atoms with van der Waals surface area (Å²) >= 11 is 1.26. The molecule has 2 aromatic heterocycles. The van der Waals surface area contributed by atoms with Crippen molar-refractivity contribution >= 4 is 42.5 Å². The van der Waals surface area contributed by atoms with Gasteiger partial charge >= 0.3 is 0 Å². The molecule has 0 aliphatic rings. The maximum atomic E-state index is 12.3. The van der Waals surface area contributed by atoms with Gasteiger partial charge in [0.15, 0.2) is 16.0 Å². The summed E-state index contributed by atoms with van der Waals surface area (Å²) in [4.78, 5) is 8.00. The maximum absolute atomic E-state index is 12.3. The zero-order valence-electron chi connectivity index (χ0n) is 10.4. The number of aryl methyl sites for hydroxylation is 1. The molecular formula is C11H11N5O2S2. The molecular weight excluding hydrogens is 298 g/mol. The van der Waals surface area contributed by atoms with Crippen LogP contribution >= 0.6 is 11.3 Å². The standard InChI is InChI=1S/C11H11N5O2S2/c1-16-6-13-9(12)10(16)20(17,18)15-11-14-7-4-2-3-5-8(7)19-11/h2-6H,12H2,1H3,(H,14,15). The fourth-order valence-electron chi connectivity index (χ4n) is 1.84. The number of nitrogens with one attached hydrogen (secondary N) is 1. The number of benzene rings is 1. The van der Waals surface area contributed by atoms with Crippen molar-refractivity contribution in [2.24, 2.45) is 7.05 Å². The molecule has 0 aliphatic carbocycles. The Morgan fingerprint density at radius 2 is 2.10 bits per heavy atom. The van der Waals surface area contributed by atoms with Crippen LogP contribution in [-0.2, 0) is 17.1 Å². The summed E-state index contributed by atoms with van der Waals surface area (Å²) in [5, 5.41) is 0.226. The van der Waals surface area contributed by atoms with Crippen molar-refractivity contribution in [3.63, 3.8) is 0 Å². The molecule has 20 heavy (non-hydrogen) atoms. The van der Waals surface area contributed by atoms with Crippen LogP contribution in [0.15, 0.2) is 35.6 Å². The molecule has 1 aromatic carbocycles. The van der Waals surface area contributed by atoms with Crippen molar-refractivity contribution in [1.82, 2.24) is 14.5 Å². The highest BCUT2D eigenvalue weighted by atomic mass is 32.2. The number of nitrogen functional groups attached to an aromatic ring is 1. The molecule has 0 saturated heterocycles. The quantitative estimate of drug-likeness (QED) is 0.761. The van der Waals surface area contributed by atoms with Crippen LogP contribution in [0, 0.1) is 0 Å². The van der Waals surface area contributed by atoms with E-state index >= 15 is 0 Å². The minimum absolute atomic E-state index is 0.0406. The molecule has 2 heterocycles. The second-order valence-electron chi connectivity index (χ2n) is 4.14. The van der Waals surface area contributed by atoms with E-state index in [1.165, 1.54) is 22.2 Å². The number of hydrogen-bond acceptors (Lipinski definition) is 6. The lowest BCUT2D eigenvalue weighted by molar-refractivity contribution is 0.592.